The zero-order valence-electron chi connectivity index (χ0n) is 8.51. The second-order valence-electron chi connectivity index (χ2n) is 3.41. The summed E-state index contributed by atoms with van der Waals surface area (Å²) in [5.74, 6) is 0. The van der Waals surface area contributed by atoms with E-state index in [1.54, 1.807) is 11.3 Å². The van der Waals surface area contributed by atoms with E-state index in [1.807, 2.05) is 6.07 Å². The van der Waals surface area contributed by atoms with Crippen molar-refractivity contribution in [2.45, 2.75) is 13.0 Å². The maximum absolute atomic E-state index is 6.14. The first-order valence-electron chi connectivity index (χ1n) is 4.63. The molecule has 2 N–H and O–H groups in total. The van der Waals surface area contributed by atoms with Gasteiger partial charge in [0.15, 0.2) is 0 Å². The van der Waals surface area contributed by atoms with Crippen molar-refractivity contribution >= 4 is 23.7 Å². The fraction of sp³-hybridized carbons (Fsp3) is 0.167. The lowest BCUT2D eigenvalue weighted by atomic mass is 10.0. The van der Waals surface area contributed by atoms with Gasteiger partial charge in [0, 0.05) is 4.88 Å². The predicted molar refractivity (Wildman–Crippen MR) is 68.8 cm³/mol. The van der Waals surface area contributed by atoms with Gasteiger partial charge in [-0.25, -0.2) is 0 Å². The third-order valence-electron chi connectivity index (χ3n) is 2.25. The molecule has 80 valence electrons. The highest BCUT2D eigenvalue weighted by molar-refractivity contribution is 7.10. The molecule has 1 aromatic carbocycles. The molecule has 1 atom stereocenters. The van der Waals surface area contributed by atoms with E-state index in [1.165, 1.54) is 16.0 Å². The molecule has 0 aliphatic carbocycles. The van der Waals surface area contributed by atoms with Crippen LogP contribution in [-0.4, -0.2) is 0 Å². The standard InChI is InChI=1S/C12H13NS.ClH/c1-9-4-2-5-10(8-9)12(13)11-6-3-7-14-11;/h2-8,12H,13H2,1H3;1H/t12-;/m0./s1. The molecule has 3 heteroatoms. The van der Waals surface area contributed by atoms with Crippen LogP contribution in [0.25, 0.3) is 0 Å². The van der Waals surface area contributed by atoms with E-state index in [-0.39, 0.29) is 18.4 Å². The molecule has 0 bridgehead atoms. The van der Waals surface area contributed by atoms with Crippen molar-refractivity contribution in [3.05, 3.63) is 57.8 Å². The topological polar surface area (TPSA) is 26.0 Å². The first kappa shape index (κ1) is 12.2. The molecule has 1 aromatic heterocycles. The van der Waals surface area contributed by atoms with Gasteiger partial charge in [0.1, 0.15) is 0 Å². The molecule has 2 aromatic rings. The number of halogens is 1. The van der Waals surface area contributed by atoms with Crippen molar-refractivity contribution < 1.29 is 0 Å². The van der Waals surface area contributed by atoms with Gasteiger partial charge in [-0.15, -0.1) is 23.7 Å². The van der Waals surface area contributed by atoms with E-state index in [9.17, 15) is 0 Å². The Labute approximate surface area is 100 Å². The number of hydrogen-bond donors (Lipinski definition) is 1. The predicted octanol–water partition coefficient (Wildman–Crippen LogP) is 3.53. The van der Waals surface area contributed by atoms with Gasteiger partial charge < -0.3 is 5.73 Å². The Kier molecular flexibility index (Phi) is 4.33. The van der Waals surface area contributed by atoms with Gasteiger partial charge in [0.25, 0.3) is 0 Å². The number of aryl methyl sites for hydroxylation is 1. The number of hydrogen-bond acceptors (Lipinski definition) is 2. The van der Waals surface area contributed by atoms with Crippen molar-refractivity contribution in [3.63, 3.8) is 0 Å². The second kappa shape index (κ2) is 5.31. The first-order chi connectivity index (χ1) is 6.77. The molecule has 0 spiro atoms. The van der Waals surface area contributed by atoms with E-state index < -0.39 is 0 Å². The Morgan fingerprint density at radius 1 is 1.20 bits per heavy atom. The lowest BCUT2D eigenvalue weighted by Gasteiger charge is -2.10. The summed E-state index contributed by atoms with van der Waals surface area (Å²) in [7, 11) is 0. The molecule has 0 aliphatic heterocycles. The average Bonchev–Trinajstić information content (AvgIpc) is 2.69. The number of rotatable bonds is 2. The molecule has 0 amide bonds. The Balaban J connectivity index is 0.00000112. The molecule has 0 saturated carbocycles. The van der Waals surface area contributed by atoms with E-state index >= 15 is 0 Å². The van der Waals surface area contributed by atoms with Gasteiger partial charge in [-0.2, -0.15) is 0 Å². The molecular weight excluding hydrogens is 226 g/mol. The van der Waals surface area contributed by atoms with Crippen LogP contribution in [0.15, 0.2) is 41.8 Å². The van der Waals surface area contributed by atoms with Gasteiger partial charge in [-0.1, -0.05) is 35.9 Å². The van der Waals surface area contributed by atoms with E-state index in [4.69, 9.17) is 5.73 Å². The monoisotopic (exact) mass is 239 g/mol. The highest BCUT2D eigenvalue weighted by Crippen LogP contribution is 2.23. The number of nitrogens with two attached hydrogens (primary N) is 1. The van der Waals surface area contributed by atoms with Crippen molar-refractivity contribution in [1.29, 1.82) is 0 Å². The van der Waals surface area contributed by atoms with Crippen LogP contribution in [0.1, 0.15) is 22.0 Å². The van der Waals surface area contributed by atoms with Gasteiger partial charge >= 0.3 is 0 Å². The van der Waals surface area contributed by atoms with Crippen molar-refractivity contribution in [3.8, 4) is 0 Å². The number of benzene rings is 1. The molecule has 0 aliphatic rings. The zero-order valence-corrected chi connectivity index (χ0v) is 10.1. The third-order valence-corrected chi connectivity index (χ3v) is 3.21. The minimum Gasteiger partial charge on any atom is -0.320 e. The summed E-state index contributed by atoms with van der Waals surface area (Å²) in [6.45, 7) is 2.09. The smallest absolute Gasteiger partial charge is 0.0646 e. The Bertz CT molecular complexity index is 411. The van der Waals surface area contributed by atoms with Crippen LogP contribution in [0.3, 0.4) is 0 Å². The molecule has 2 rings (SSSR count). The summed E-state index contributed by atoms with van der Waals surface area (Å²) in [5.41, 5.74) is 8.59. The van der Waals surface area contributed by atoms with Crippen LogP contribution in [0.2, 0.25) is 0 Å². The Hall–Kier alpha value is -0.830. The van der Waals surface area contributed by atoms with E-state index in [2.05, 4.69) is 42.6 Å². The second-order valence-corrected chi connectivity index (χ2v) is 4.39. The molecule has 1 heterocycles. The highest BCUT2D eigenvalue weighted by atomic mass is 35.5. The molecule has 0 radical (unpaired) electrons. The lowest BCUT2D eigenvalue weighted by molar-refractivity contribution is 0.891. The average molecular weight is 240 g/mol. The third kappa shape index (κ3) is 2.81. The van der Waals surface area contributed by atoms with Crippen molar-refractivity contribution in [2.24, 2.45) is 5.73 Å². The van der Waals surface area contributed by atoms with Crippen LogP contribution >= 0.6 is 23.7 Å². The summed E-state index contributed by atoms with van der Waals surface area (Å²) in [4.78, 5) is 1.22. The van der Waals surface area contributed by atoms with Crippen LogP contribution in [0.5, 0.6) is 0 Å². The van der Waals surface area contributed by atoms with Gasteiger partial charge in [0.05, 0.1) is 6.04 Å². The maximum Gasteiger partial charge on any atom is 0.0646 e. The summed E-state index contributed by atoms with van der Waals surface area (Å²) >= 11 is 1.71. The highest BCUT2D eigenvalue weighted by Gasteiger charge is 2.08. The lowest BCUT2D eigenvalue weighted by Crippen LogP contribution is -2.09. The first-order valence-corrected chi connectivity index (χ1v) is 5.51. The fourth-order valence-electron chi connectivity index (χ4n) is 1.50. The van der Waals surface area contributed by atoms with Gasteiger partial charge in [-0.05, 0) is 23.9 Å². The molecule has 0 fully saturated rings. The largest absolute Gasteiger partial charge is 0.320 e. The molecular formula is C12H14ClNS. The van der Waals surface area contributed by atoms with Crippen LogP contribution in [0.4, 0.5) is 0 Å². The summed E-state index contributed by atoms with van der Waals surface area (Å²) in [5, 5.41) is 2.06. The number of thiophene rings is 1. The normalized spacial score (nSPS) is 11.9. The van der Waals surface area contributed by atoms with E-state index in [0.29, 0.717) is 0 Å². The maximum atomic E-state index is 6.14. The minimum absolute atomic E-state index is 0. The summed E-state index contributed by atoms with van der Waals surface area (Å²) in [6.07, 6.45) is 0. The zero-order chi connectivity index (χ0) is 9.97. The van der Waals surface area contributed by atoms with Crippen molar-refractivity contribution in [1.82, 2.24) is 0 Å². The molecule has 1 nitrogen and oxygen atoms in total. The summed E-state index contributed by atoms with van der Waals surface area (Å²) in [6, 6.07) is 12.5. The van der Waals surface area contributed by atoms with Gasteiger partial charge in [-0.3, -0.25) is 0 Å². The molecule has 0 saturated heterocycles. The quantitative estimate of drug-likeness (QED) is 0.853. The summed E-state index contributed by atoms with van der Waals surface area (Å²) < 4.78 is 0. The van der Waals surface area contributed by atoms with Crippen LogP contribution in [0, 0.1) is 6.92 Å². The van der Waals surface area contributed by atoms with Crippen LogP contribution in [-0.2, 0) is 0 Å². The minimum atomic E-state index is 0. The molecule has 15 heavy (non-hydrogen) atoms. The van der Waals surface area contributed by atoms with Crippen LogP contribution < -0.4 is 5.73 Å². The Morgan fingerprint density at radius 3 is 2.60 bits per heavy atom. The van der Waals surface area contributed by atoms with Gasteiger partial charge in [0.2, 0.25) is 0 Å². The molecule has 0 unspecified atom stereocenters. The SMILES string of the molecule is Cc1cccc([C@H](N)c2cccs2)c1.Cl. The fourth-order valence-corrected chi connectivity index (χ4v) is 2.25. The van der Waals surface area contributed by atoms with E-state index in [0.717, 1.165) is 0 Å². The van der Waals surface area contributed by atoms with Crippen molar-refractivity contribution in [2.75, 3.05) is 0 Å². The Morgan fingerprint density at radius 2 is 2.00 bits per heavy atom.